The summed E-state index contributed by atoms with van der Waals surface area (Å²) >= 11 is 0. The number of rotatable bonds is 2. The Labute approximate surface area is 119 Å². The van der Waals surface area contributed by atoms with E-state index in [1.165, 1.54) is 5.56 Å². The molecule has 6 heteroatoms. The molecule has 0 bridgehead atoms. The lowest BCUT2D eigenvalue weighted by atomic mass is 10.0. The van der Waals surface area contributed by atoms with Gasteiger partial charge in [0, 0.05) is 58.1 Å². The topological polar surface area (TPSA) is 70.2 Å². The summed E-state index contributed by atoms with van der Waals surface area (Å²) in [6.07, 6.45) is 1.91. The van der Waals surface area contributed by atoms with Gasteiger partial charge in [-0.25, -0.2) is 9.97 Å². The predicted octanol–water partition coefficient (Wildman–Crippen LogP) is 0.500. The molecule has 3 heterocycles. The maximum absolute atomic E-state index is 11.4. The van der Waals surface area contributed by atoms with Crippen LogP contribution >= 0.6 is 0 Å². The lowest BCUT2D eigenvalue weighted by Gasteiger charge is -2.21. The maximum Gasteiger partial charge on any atom is 0.219 e. The van der Waals surface area contributed by atoms with Gasteiger partial charge < -0.3 is 15.5 Å². The molecule has 1 atom stereocenters. The first-order valence-electron chi connectivity index (χ1n) is 7.22. The van der Waals surface area contributed by atoms with Crippen molar-refractivity contribution in [3.05, 3.63) is 17.1 Å². The van der Waals surface area contributed by atoms with E-state index in [1.54, 1.807) is 6.92 Å². The fraction of sp³-hybridized carbons (Fsp3) is 0.643. The first-order chi connectivity index (χ1) is 9.69. The molecule has 20 heavy (non-hydrogen) atoms. The molecule has 108 valence electrons. The van der Waals surface area contributed by atoms with E-state index in [0.29, 0.717) is 0 Å². The minimum absolute atomic E-state index is 0.142. The zero-order valence-corrected chi connectivity index (χ0v) is 12.1. The van der Waals surface area contributed by atoms with Crippen LogP contribution in [0.25, 0.3) is 0 Å². The summed E-state index contributed by atoms with van der Waals surface area (Å²) in [5, 5.41) is 6.54. The van der Waals surface area contributed by atoms with Gasteiger partial charge in [0.15, 0.2) is 0 Å². The van der Waals surface area contributed by atoms with Crippen molar-refractivity contribution in [2.45, 2.75) is 32.2 Å². The highest BCUT2D eigenvalue weighted by atomic mass is 16.2. The highest BCUT2D eigenvalue weighted by Gasteiger charge is 2.29. The largest absolute Gasteiger partial charge is 0.373 e. The second kappa shape index (κ2) is 5.36. The highest BCUT2D eigenvalue weighted by molar-refractivity contribution is 5.73. The Morgan fingerprint density at radius 3 is 3.00 bits per heavy atom. The number of hydrogen-bond donors (Lipinski definition) is 2. The predicted molar refractivity (Wildman–Crippen MR) is 76.6 cm³/mol. The van der Waals surface area contributed by atoms with Gasteiger partial charge in [-0.3, -0.25) is 4.79 Å². The number of hydrogen-bond acceptors (Lipinski definition) is 5. The molecule has 3 rings (SSSR count). The minimum atomic E-state index is 0.142. The van der Waals surface area contributed by atoms with Crippen LogP contribution in [0.15, 0.2) is 0 Å². The third kappa shape index (κ3) is 2.35. The number of nitrogens with zero attached hydrogens (tertiary/aromatic N) is 3. The van der Waals surface area contributed by atoms with Gasteiger partial charge in [-0.2, -0.15) is 0 Å². The first kappa shape index (κ1) is 13.3. The molecule has 2 N–H and O–H groups in total. The Morgan fingerprint density at radius 2 is 2.30 bits per heavy atom. The van der Waals surface area contributed by atoms with Gasteiger partial charge in [-0.1, -0.05) is 0 Å². The molecule has 0 spiro atoms. The van der Waals surface area contributed by atoms with E-state index in [1.807, 2.05) is 11.9 Å². The molecule has 1 amide bonds. The molecule has 1 aromatic rings. The van der Waals surface area contributed by atoms with Crippen LogP contribution in [0.5, 0.6) is 0 Å². The molecule has 1 aromatic heterocycles. The summed E-state index contributed by atoms with van der Waals surface area (Å²) in [6, 6.07) is 0. The van der Waals surface area contributed by atoms with E-state index in [0.717, 1.165) is 56.4 Å². The van der Waals surface area contributed by atoms with Crippen LogP contribution in [0.1, 0.15) is 36.3 Å². The zero-order chi connectivity index (χ0) is 14.1. The molecule has 0 aliphatic carbocycles. The Morgan fingerprint density at radius 1 is 1.45 bits per heavy atom. The molecule has 1 saturated heterocycles. The summed E-state index contributed by atoms with van der Waals surface area (Å²) in [5.74, 6) is 2.23. The summed E-state index contributed by atoms with van der Waals surface area (Å²) in [4.78, 5) is 22.8. The van der Waals surface area contributed by atoms with Crippen molar-refractivity contribution < 1.29 is 4.79 Å². The zero-order valence-electron chi connectivity index (χ0n) is 12.1. The lowest BCUT2D eigenvalue weighted by Crippen LogP contribution is -2.28. The van der Waals surface area contributed by atoms with Crippen molar-refractivity contribution in [1.82, 2.24) is 20.2 Å². The average molecular weight is 275 g/mol. The molecule has 1 fully saturated rings. The lowest BCUT2D eigenvalue weighted by molar-refractivity contribution is -0.127. The van der Waals surface area contributed by atoms with Gasteiger partial charge in [0.2, 0.25) is 5.91 Å². The number of carbonyl (C=O) groups excluding carboxylic acids is 1. The van der Waals surface area contributed by atoms with Crippen molar-refractivity contribution in [2.75, 3.05) is 32.0 Å². The summed E-state index contributed by atoms with van der Waals surface area (Å²) in [6.45, 7) is 4.99. The number of likely N-dealkylation sites (tertiary alicyclic amines) is 1. The van der Waals surface area contributed by atoms with Crippen molar-refractivity contribution in [3.8, 4) is 0 Å². The number of anilines is 1. The molecule has 1 unspecified atom stereocenters. The Balaban J connectivity index is 1.89. The molecular weight excluding hydrogens is 254 g/mol. The van der Waals surface area contributed by atoms with Gasteiger partial charge in [0.1, 0.15) is 11.6 Å². The number of aromatic nitrogens is 2. The number of amides is 1. The molecule has 2 aliphatic rings. The number of nitrogens with one attached hydrogen (secondary N) is 2. The Kier molecular flexibility index (Phi) is 3.56. The standard InChI is InChI=1S/C14H21N5O/c1-9(20)19-6-4-10(8-19)13-17-12-3-5-16-7-11(12)14(15-2)18-13/h10,16H,3-8H2,1-2H3,(H,15,17,18). The van der Waals surface area contributed by atoms with E-state index < -0.39 is 0 Å². The van der Waals surface area contributed by atoms with Crippen molar-refractivity contribution in [3.63, 3.8) is 0 Å². The SMILES string of the molecule is CNc1nc(C2CCN(C(C)=O)C2)nc2c1CNCC2. The Bertz CT molecular complexity index is 513. The van der Waals surface area contributed by atoms with Crippen molar-refractivity contribution in [1.29, 1.82) is 0 Å². The van der Waals surface area contributed by atoms with Crippen LogP contribution in [0, 0.1) is 0 Å². The van der Waals surface area contributed by atoms with Crippen LogP contribution in [0.2, 0.25) is 0 Å². The molecule has 0 radical (unpaired) electrons. The van der Waals surface area contributed by atoms with Gasteiger partial charge in [-0.05, 0) is 6.42 Å². The summed E-state index contributed by atoms with van der Waals surface area (Å²) in [5.41, 5.74) is 2.34. The average Bonchev–Trinajstić information content (AvgIpc) is 2.96. The van der Waals surface area contributed by atoms with E-state index in [-0.39, 0.29) is 11.8 Å². The third-order valence-electron chi connectivity index (χ3n) is 4.19. The van der Waals surface area contributed by atoms with Gasteiger partial charge >= 0.3 is 0 Å². The van der Waals surface area contributed by atoms with Gasteiger partial charge in [0.25, 0.3) is 0 Å². The molecule has 0 saturated carbocycles. The second-order valence-electron chi connectivity index (χ2n) is 5.48. The van der Waals surface area contributed by atoms with Crippen molar-refractivity contribution >= 4 is 11.7 Å². The fourth-order valence-electron chi connectivity index (χ4n) is 3.01. The van der Waals surface area contributed by atoms with Crippen LogP contribution in [-0.4, -0.2) is 47.5 Å². The maximum atomic E-state index is 11.4. The smallest absolute Gasteiger partial charge is 0.219 e. The Hall–Kier alpha value is -1.69. The van der Waals surface area contributed by atoms with E-state index >= 15 is 0 Å². The first-order valence-corrected chi connectivity index (χ1v) is 7.22. The highest BCUT2D eigenvalue weighted by Crippen LogP contribution is 2.28. The van der Waals surface area contributed by atoms with Crippen LogP contribution in [0.4, 0.5) is 5.82 Å². The van der Waals surface area contributed by atoms with E-state index in [9.17, 15) is 4.79 Å². The summed E-state index contributed by atoms with van der Waals surface area (Å²) in [7, 11) is 1.90. The number of carbonyl (C=O) groups is 1. The third-order valence-corrected chi connectivity index (χ3v) is 4.19. The minimum Gasteiger partial charge on any atom is -0.373 e. The quantitative estimate of drug-likeness (QED) is 0.822. The summed E-state index contributed by atoms with van der Waals surface area (Å²) < 4.78 is 0. The molecule has 2 aliphatic heterocycles. The number of fused-ring (bicyclic) bond motifs is 1. The van der Waals surface area contributed by atoms with Crippen LogP contribution in [-0.2, 0) is 17.8 Å². The molecule has 6 nitrogen and oxygen atoms in total. The molecular formula is C14H21N5O. The van der Waals surface area contributed by atoms with Gasteiger partial charge in [-0.15, -0.1) is 0 Å². The monoisotopic (exact) mass is 275 g/mol. The second-order valence-corrected chi connectivity index (χ2v) is 5.48. The fourth-order valence-corrected chi connectivity index (χ4v) is 3.01. The van der Waals surface area contributed by atoms with Crippen LogP contribution < -0.4 is 10.6 Å². The normalized spacial score (nSPS) is 21.7. The van der Waals surface area contributed by atoms with Gasteiger partial charge in [0.05, 0.1) is 5.69 Å². The molecule has 0 aromatic carbocycles. The van der Waals surface area contributed by atoms with E-state index in [4.69, 9.17) is 4.98 Å². The van der Waals surface area contributed by atoms with Crippen LogP contribution in [0.3, 0.4) is 0 Å². The van der Waals surface area contributed by atoms with E-state index in [2.05, 4.69) is 15.6 Å². The van der Waals surface area contributed by atoms with Crippen molar-refractivity contribution in [2.24, 2.45) is 0 Å².